The van der Waals surface area contributed by atoms with Crippen molar-refractivity contribution in [3.8, 4) is 0 Å². The summed E-state index contributed by atoms with van der Waals surface area (Å²) in [6.07, 6.45) is 2.82. The second-order valence-electron chi connectivity index (χ2n) is 8.10. The maximum absolute atomic E-state index is 13.0. The molecule has 0 aliphatic heterocycles. The summed E-state index contributed by atoms with van der Waals surface area (Å²) in [4.78, 5) is 25.4. The summed E-state index contributed by atoms with van der Waals surface area (Å²) in [5, 5.41) is 0. The van der Waals surface area contributed by atoms with Gasteiger partial charge in [-0.05, 0) is 64.2 Å². The van der Waals surface area contributed by atoms with E-state index in [1.165, 1.54) is 12.5 Å². The van der Waals surface area contributed by atoms with Gasteiger partial charge in [0.25, 0.3) is 0 Å². The van der Waals surface area contributed by atoms with Gasteiger partial charge in [-0.2, -0.15) is 0 Å². The molecule has 0 aliphatic carbocycles. The van der Waals surface area contributed by atoms with Crippen molar-refractivity contribution in [3.63, 3.8) is 0 Å². The van der Waals surface area contributed by atoms with Gasteiger partial charge in [-0.1, -0.05) is 66.7 Å². The van der Waals surface area contributed by atoms with Crippen molar-refractivity contribution in [3.05, 3.63) is 77.4 Å². The fourth-order valence-electron chi connectivity index (χ4n) is 2.99. The van der Waals surface area contributed by atoms with Crippen molar-refractivity contribution in [2.24, 2.45) is 5.41 Å². The van der Waals surface area contributed by atoms with Crippen LogP contribution in [0.25, 0.3) is 6.08 Å². The highest BCUT2D eigenvalue weighted by Crippen LogP contribution is 2.33. The number of carbonyl (C=O) groups is 2. The average Bonchev–Trinajstić information content (AvgIpc) is 2.66. The Kier molecular flexibility index (Phi) is 6.60. The van der Waals surface area contributed by atoms with E-state index in [9.17, 15) is 9.59 Å². The van der Waals surface area contributed by atoms with Gasteiger partial charge < -0.3 is 4.74 Å². The zero-order valence-electron chi connectivity index (χ0n) is 17.5. The molecular weight excluding hydrogens is 348 g/mol. The molecule has 2 aromatic rings. The van der Waals surface area contributed by atoms with Crippen LogP contribution < -0.4 is 0 Å². The Bertz CT molecular complexity index is 844. The number of ketones is 1. The molecule has 0 saturated carbocycles. The van der Waals surface area contributed by atoms with Gasteiger partial charge >= 0.3 is 5.97 Å². The molecule has 0 heterocycles. The molecule has 0 amide bonds. The van der Waals surface area contributed by atoms with Gasteiger partial charge in [0.05, 0.1) is 0 Å². The van der Waals surface area contributed by atoms with Gasteiger partial charge in [-0.25, -0.2) is 0 Å². The van der Waals surface area contributed by atoms with Gasteiger partial charge in [0.2, 0.25) is 0 Å². The van der Waals surface area contributed by atoms with Gasteiger partial charge in [0.15, 0.2) is 0 Å². The summed E-state index contributed by atoms with van der Waals surface area (Å²) in [6, 6.07) is 15.8. The standard InChI is InChI=1S/C25H30O3/c1-7-20-12-14-22(15-13-20)24(4,5)28-23(27)25(6,19(3)26)17-16-21-10-8-18(2)9-11-21/h7-15H,1,16-17H2,2-6H3. The number of aryl methyl sites for hydroxylation is 2. The average molecular weight is 379 g/mol. The number of hydrogen-bond donors (Lipinski definition) is 0. The number of Topliss-reactive ketones (excluding diaryl/α,β-unsaturated/α-hetero) is 1. The molecule has 0 spiro atoms. The maximum Gasteiger partial charge on any atom is 0.320 e. The number of carbonyl (C=O) groups excluding carboxylic acids is 2. The number of hydrogen-bond acceptors (Lipinski definition) is 3. The molecule has 0 saturated heterocycles. The Hall–Kier alpha value is -2.68. The van der Waals surface area contributed by atoms with E-state index in [1.54, 1.807) is 13.0 Å². The van der Waals surface area contributed by atoms with E-state index in [4.69, 9.17) is 4.74 Å². The molecule has 0 aliphatic rings. The molecule has 3 nitrogen and oxygen atoms in total. The number of ether oxygens (including phenoxy) is 1. The third-order valence-corrected chi connectivity index (χ3v) is 5.45. The minimum atomic E-state index is -1.18. The van der Waals surface area contributed by atoms with Gasteiger partial charge in [-0.15, -0.1) is 0 Å². The molecule has 0 bridgehead atoms. The SMILES string of the molecule is C=Cc1ccc(C(C)(C)OC(=O)C(C)(CCc2ccc(C)cc2)C(C)=O)cc1. The zero-order chi connectivity index (χ0) is 20.9. The first-order chi connectivity index (χ1) is 13.1. The Morgan fingerprint density at radius 2 is 1.57 bits per heavy atom. The molecular formula is C25H30O3. The Balaban J connectivity index is 2.16. The van der Waals surface area contributed by atoms with Crippen LogP contribution in [0.15, 0.2) is 55.1 Å². The molecule has 0 aromatic heterocycles. The maximum atomic E-state index is 13.0. The molecule has 1 atom stereocenters. The van der Waals surface area contributed by atoms with E-state index in [1.807, 2.05) is 69.3 Å². The zero-order valence-corrected chi connectivity index (χ0v) is 17.5. The highest BCUT2D eigenvalue weighted by atomic mass is 16.6. The molecule has 0 fully saturated rings. The minimum absolute atomic E-state index is 0.178. The number of esters is 1. The molecule has 0 radical (unpaired) electrons. The third-order valence-electron chi connectivity index (χ3n) is 5.45. The Labute approximate surface area is 168 Å². The van der Waals surface area contributed by atoms with Crippen LogP contribution in [0, 0.1) is 12.3 Å². The molecule has 2 rings (SSSR count). The Morgan fingerprint density at radius 1 is 1.00 bits per heavy atom. The summed E-state index contributed by atoms with van der Waals surface area (Å²) >= 11 is 0. The van der Waals surface area contributed by atoms with E-state index in [-0.39, 0.29) is 5.78 Å². The predicted molar refractivity (Wildman–Crippen MR) is 114 cm³/mol. The molecule has 0 N–H and O–H groups in total. The smallest absolute Gasteiger partial charge is 0.320 e. The lowest BCUT2D eigenvalue weighted by atomic mass is 9.80. The van der Waals surface area contributed by atoms with E-state index in [0.29, 0.717) is 12.8 Å². The van der Waals surface area contributed by atoms with Crippen molar-refractivity contribution in [1.29, 1.82) is 0 Å². The highest BCUT2D eigenvalue weighted by Gasteiger charge is 2.42. The second kappa shape index (κ2) is 8.55. The monoisotopic (exact) mass is 378 g/mol. The van der Waals surface area contributed by atoms with Crippen molar-refractivity contribution < 1.29 is 14.3 Å². The van der Waals surface area contributed by atoms with Crippen molar-refractivity contribution in [2.75, 3.05) is 0 Å². The molecule has 2 aromatic carbocycles. The van der Waals surface area contributed by atoms with Crippen LogP contribution in [0.4, 0.5) is 0 Å². The first-order valence-corrected chi connectivity index (χ1v) is 9.61. The third kappa shape index (κ3) is 4.98. The summed E-state index contributed by atoms with van der Waals surface area (Å²) in [5.74, 6) is -0.660. The lowest BCUT2D eigenvalue weighted by Gasteiger charge is -2.32. The fraction of sp³-hybridized carbons (Fsp3) is 0.360. The van der Waals surface area contributed by atoms with E-state index in [2.05, 4.69) is 6.58 Å². The van der Waals surface area contributed by atoms with E-state index < -0.39 is 17.0 Å². The van der Waals surface area contributed by atoms with E-state index in [0.717, 1.165) is 16.7 Å². The summed E-state index contributed by atoms with van der Waals surface area (Å²) < 4.78 is 5.85. The molecule has 3 heteroatoms. The Morgan fingerprint density at radius 3 is 2.07 bits per heavy atom. The van der Waals surface area contributed by atoms with Crippen LogP contribution in [0.2, 0.25) is 0 Å². The van der Waals surface area contributed by atoms with Crippen LogP contribution in [0.1, 0.15) is 56.4 Å². The first-order valence-electron chi connectivity index (χ1n) is 9.61. The highest BCUT2D eigenvalue weighted by molar-refractivity contribution is 6.02. The summed E-state index contributed by atoms with van der Waals surface area (Å²) in [5.41, 5.74) is 2.14. The minimum Gasteiger partial charge on any atom is -0.454 e. The van der Waals surface area contributed by atoms with Crippen molar-refractivity contribution in [1.82, 2.24) is 0 Å². The normalized spacial score (nSPS) is 13.5. The quantitative estimate of drug-likeness (QED) is 0.441. The van der Waals surface area contributed by atoms with Gasteiger partial charge in [0, 0.05) is 0 Å². The van der Waals surface area contributed by atoms with E-state index >= 15 is 0 Å². The first kappa shape index (κ1) is 21.6. The molecule has 1 unspecified atom stereocenters. The topological polar surface area (TPSA) is 43.4 Å². The van der Waals surface area contributed by atoms with Crippen LogP contribution >= 0.6 is 0 Å². The summed E-state index contributed by atoms with van der Waals surface area (Å²) in [7, 11) is 0. The fourth-order valence-corrected chi connectivity index (χ4v) is 2.99. The van der Waals surface area contributed by atoms with Gasteiger partial charge in [-0.3, -0.25) is 9.59 Å². The van der Waals surface area contributed by atoms with Crippen LogP contribution in [-0.2, 0) is 26.3 Å². The second-order valence-corrected chi connectivity index (χ2v) is 8.10. The van der Waals surface area contributed by atoms with Gasteiger partial charge in [0.1, 0.15) is 16.8 Å². The van der Waals surface area contributed by atoms with Crippen LogP contribution in [0.5, 0.6) is 0 Å². The van der Waals surface area contributed by atoms with Crippen LogP contribution in [0.3, 0.4) is 0 Å². The lowest BCUT2D eigenvalue weighted by Crippen LogP contribution is -2.41. The van der Waals surface area contributed by atoms with Crippen LogP contribution in [-0.4, -0.2) is 11.8 Å². The predicted octanol–water partition coefficient (Wildman–Crippen LogP) is 5.64. The van der Waals surface area contributed by atoms with Crippen molar-refractivity contribution >= 4 is 17.8 Å². The molecule has 148 valence electrons. The number of benzene rings is 2. The lowest BCUT2D eigenvalue weighted by molar-refractivity contribution is -0.171. The number of rotatable bonds is 8. The largest absolute Gasteiger partial charge is 0.454 e. The summed E-state index contributed by atoms with van der Waals surface area (Å²) in [6.45, 7) is 12.6. The molecule has 28 heavy (non-hydrogen) atoms. The van der Waals surface area contributed by atoms with Crippen molar-refractivity contribution in [2.45, 2.75) is 53.1 Å².